The molecule has 0 aliphatic heterocycles. The van der Waals surface area contributed by atoms with Crippen molar-refractivity contribution in [1.29, 1.82) is 0 Å². The van der Waals surface area contributed by atoms with Gasteiger partial charge in [0.2, 0.25) is 17.6 Å². The topological polar surface area (TPSA) is 143 Å². The Kier molecular flexibility index (Phi) is 7.61. The highest BCUT2D eigenvalue weighted by Gasteiger charge is 2.45. The number of hydrogen-bond donors (Lipinski definition) is 3. The SMILES string of the molecule is CCC[C@H](CC1(C(=O)NC(Cc2nc(-c3ccccc3)no2)C(=O)O)CCCC1)C(=O)O. The molecule has 0 spiro atoms. The summed E-state index contributed by atoms with van der Waals surface area (Å²) in [6, 6.07) is 7.88. The molecule has 1 aliphatic carbocycles. The molecule has 0 saturated heterocycles. The molecule has 1 aromatic carbocycles. The minimum absolute atomic E-state index is 0.103. The molecule has 1 aliphatic rings. The predicted molar refractivity (Wildman–Crippen MR) is 115 cm³/mol. The van der Waals surface area contributed by atoms with Gasteiger partial charge in [-0.05, 0) is 25.7 Å². The first-order valence-electron chi connectivity index (χ1n) is 11.0. The second kappa shape index (κ2) is 10.4. The molecule has 9 nitrogen and oxygen atoms in total. The molecule has 3 rings (SSSR count). The van der Waals surface area contributed by atoms with Gasteiger partial charge >= 0.3 is 11.9 Å². The van der Waals surface area contributed by atoms with E-state index in [1.165, 1.54) is 0 Å². The zero-order valence-corrected chi connectivity index (χ0v) is 18.1. The Morgan fingerprint density at radius 3 is 2.41 bits per heavy atom. The number of amides is 1. The van der Waals surface area contributed by atoms with Gasteiger partial charge in [0.25, 0.3) is 0 Å². The third-order valence-corrected chi connectivity index (χ3v) is 6.15. The monoisotopic (exact) mass is 443 g/mol. The van der Waals surface area contributed by atoms with E-state index in [1.54, 1.807) is 0 Å². The van der Waals surface area contributed by atoms with Crippen LogP contribution in [0.3, 0.4) is 0 Å². The summed E-state index contributed by atoms with van der Waals surface area (Å²) < 4.78 is 5.21. The minimum Gasteiger partial charge on any atom is -0.481 e. The number of aromatic nitrogens is 2. The van der Waals surface area contributed by atoms with Gasteiger partial charge in [-0.15, -0.1) is 0 Å². The van der Waals surface area contributed by atoms with Gasteiger partial charge in [0.05, 0.1) is 17.8 Å². The third-order valence-electron chi connectivity index (χ3n) is 6.15. The standard InChI is InChI=1S/C23H29N3O6/c1-2-8-16(20(27)28)14-23(11-6-7-12-23)22(31)24-17(21(29)30)13-18-25-19(26-32-18)15-9-4-3-5-10-15/h3-5,9-10,16-17H,2,6-8,11-14H2,1H3,(H,24,31)(H,27,28)(H,29,30)/t16-,17?/m1/s1. The maximum atomic E-state index is 13.2. The van der Waals surface area contributed by atoms with Crippen LogP contribution in [0.2, 0.25) is 0 Å². The quantitative estimate of drug-likeness (QED) is 0.480. The third kappa shape index (κ3) is 5.52. The Morgan fingerprint density at radius 1 is 1.12 bits per heavy atom. The Bertz CT molecular complexity index is 936. The van der Waals surface area contributed by atoms with Crippen molar-refractivity contribution >= 4 is 17.8 Å². The maximum absolute atomic E-state index is 13.2. The van der Waals surface area contributed by atoms with E-state index in [1.807, 2.05) is 37.3 Å². The van der Waals surface area contributed by atoms with E-state index < -0.39 is 35.2 Å². The van der Waals surface area contributed by atoms with Crippen LogP contribution < -0.4 is 5.32 Å². The molecular weight excluding hydrogens is 414 g/mol. The van der Waals surface area contributed by atoms with Gasteiger partial charge in [0.1, 0.15) is 6.04 Å². The fourth-order valence-corrected chi connectivity index (χ4v) is 4.44. The van der Waals surface area contributed by atoms with Gasteiger partial charge in [-0.1, -0.05) is 61.7 Å². The average Bonchev–Trinajstić information content (AvgIpc) is 3.44. The first-order chi connectivity index (χ1) is 15.3. The number of carboxylic acids is 2. The van der Waals surface area contributed by atoms with E-state index in [4.69, 9.17) is 4.52 Å². The van der Waals surface area contributed by atoms with Crippen LogP contribution in [0.4, 0.5) is 0 Å². The van der Waals surface area contributed by atoms with E-state index in [2.05, 4.69) is 15.5 Å². The lowest BCUT2D eigenvalue weighted by atomic mass is 9.75. The summed E-state index contributed by atoms with van der Waals surface area (Å²) in [6.45, 7) is 1.91. The second-order valence-electron chi connectivity index (χ2n) is 8.46. The number of aliphatic carboxylic acids is 2. The van der Waals surface area contributed by atoms with Crippen molar-refractivity contribution in [2.45, 2.75) is 64.3 Å². The molecule has 1 fully saturated rings. The van der Waals surface area contributed by atoms with Crippen molar-refractivity contribution < 1.29 is 29.1 Å². The van der Waals surface area contributed by atoms with Crippen LogP contribution in [0, 0.1) is 11.3 Å². The van der Waals surface area contributed by atoms with Crippen molar-refractivity contribution in [2.75, 3.05) is 0 Å². The number of carbonyl (C=O) groups is 3. The largest absolute Gasteiger partial charge is 0.481 e. The summed E-state index contributed by atoms with van der Waals surface area (Å²) in [4.78, 5) is 41.0. The van der Waals surface area contributed by atoms with Crippen molar-refractivity contribution in [3.8, 4) is 11.4 Å². The van der Waals surface area contributed by atoms with E-state index in [9.17, 15) is 24.6 Å². The fourth-order valence-electron chi connectivity index (χ4n) is 4.44. The van der Waals surface area contributed by atoms with Crippen molar-refractivity contribution in [2.24, 2.45) is 11.3 Å². The Labute approximate surface area is 186 Å². The average molecular weight is 444 g/mol. The van der Waals surface area contributed by atoms with Gasteiger partial charge in [-0.2, -0.15) is 4.98 Å². The number of nitrogens with one attached hydrogen (secondary N) is 1. The summed E-state index contributed by atoms with van der Waals surface area (Å²) in [6.07, 6.45) is 3.97. The maximum Gasteiger partial charge on any atom is 0.326 e. The summed E-state index contributed by atoms with van der Waals surface area (Å²) in [5, 5.41) is 25.8. The Hall–Kier alpha value is -3.23. The van der Waals surface area contributed by atoms with Crippen LogP contribution in [0.1, 0.15) is 57.8 Å². The number of carbonyl (C=O) groups excluding carboxylic acids is 1. The summed E-state index contributed by atoms with van der Waals surface area (Å²) in [5.74, 6) is -2.73. The van der Waals surface area contributed by atoms with Crippen LogP contribution in [0.5, 0.6) is 0 Å². The molecule has 3 N–H and O–H groups in total. The Morgan fingerprint density at radius 2 is 1.81 bits per heavy atom. The lowest BCUT2D eigenvalue weighted by Gasteiger charge is -2.31. The highest BCUT2D eigenvalue weighted by Crippen LogP contribution is 2.44. The van der Waals surface area contributed by atoms with Crippen LogP contribution in [0.25, 0.3) is 11.4 Å². The molecule has 1 heterocycles. The first-order valence-corrected chi connectivity index (χ1v) is 11.0. The molecule has 9 heteroatoms. The van der Waals surface area contributed by atoms with Crippen LogP contribution in [0.15, 0.2) is 34.9 Å². The fraction of sp³-hybridized carbons (Fsp3) is 0.522. The minimum atomic E-state index is -1.25. The molecule has 2 atom stereocenters. The number of nitrogens with zero attached hydrogens (tertiary/aromatic N) is 2. The van der Waals surface area contributed by atoms with E-state index in [0.29, 0.717) is 31.5 Å². The van der Waals surface area contributed by atoms with E-state index >= 15 is 0 Å². The second-order valence-corrected chi connectivity index (χ2v) is 8.46. The van der Waals surface area contributed by atoms with Gasteiger partial charge in [0, 0.05) is 5.56 Å². The van der Waals surface area contributed by atoms with Gasteiger partial charge in [-0.25, -0.2) is 4.79 Å². The zero-order chi connectivity index (χ0) is 23.1. The molecule has 1 unspecified atom stereocenters. The number of rotatable bonds is 11. The normalized spacial score (nSPS) is 16.9. The highest BCUT2D eigenvalue weighted by atomic mass is 16.5. The van der Waals surface area contributed by atoms with Crippen LogP contribution in [-0.2, 0) is 20.8 Å². The molecule has 172 valence electrons. The van der Waals surface area contributed by atoms with Crippen molar-refractivity contribution in [3.05, 3.63) is 36.2 Å². The molecule has 1 aromatic heterocycles. The highest BCUT2D eigenvalue weighted by molar-refractivity contribution is 5.88. The van der Waals surface area contributed by atoms with Crippen LogP contribution >= 0.6 is 0 Å². The molecule has 0 bridgehead atoms. The molecular formula is C23H29N3O6. The predicted octanol–water partition coefficient (Wildman–Crippen LogP) is 3.30. The van der Waals surface area contributed by atoms with Crippen molar-refractivity contribution in [1.82, 2.24) is 15.5 Å². The first kappa shape index (κ1) is 23.4. The van der Waals surface area contributed by atoms with E-state index in [0.717, 1.165) is 18.4 Å². The molecule has 2 aromatic rings. The lowest BCUT2D eigenvalue weighted by Crippen LogP contribution is -2.49. The zero-order valence-electron chi connectivity index (χ0n) is 18.1. The number of benzene rings is 1. The van der Waals surface area contributed by atoms with Crippen molar-refractivity contribution in [3.63, 3.8) is 0 Å². The smallest absolute Gasteiger partial charge is 0.326 e. The molecule has 1 amide bonds. The van der Waals surface area contributed by atoms with Crippen LogP contribution in [-0.4, -0.2) is 44.2 Å². The Balaban J connectivity index is 1.73. The van der Waals surface area contributed by atoms with E-state index in [-0.39, 0.29) is 18.7 Å². The molecule has 32 heavy (non-hydrogen) atoms. The summed E-state index contributed by atoms with van der Waals surface area (Å²) in [5.41, 5.74) is -0.130. The van der Waals surface area contributed by atoms with Gasteiger partial charge < -0.3 is 20.1 Å². The van der Waals surface area contributed by atoms with Gasteiger partial charge in [0.15, 0.2) is 0 Å². The molecule has 1 saturated carbocycles. The summed E-state index contributed by atoms with van der Waals surface area (Å²) >= 11 is 0. The van der Waals surface area contributed by atoms with Gasteiger partial charge in [-0.3, -0.25) is 9.59 Å². The summed E-state index contributed by atoms with van der Waals surface area (Å²) in [7, 11) is 0. The lowest BCUT2D eigenvalue weighted by molar-refractivity contribution is -0.147. The molecule has 0 radical (unpaired) electrons. The number of hydrogen-bond acceptors (Lipinski definition) is 6. The number of carboxylic acid groups (broad SMARTS) is 2.